The maximum Gasteiger partial charge on any atom is 0.335 e. The zero-order valence-corrected chi connectivity index (χ0v) is 11.0. The van der Waals surface area contributed by atoms with Crippen LogP contribution in [0, 0.1) is 6.92 Å². The van der Waals surface area contributed by atoms with Gasteiger partial charge in [0.1, 0.15) is 5.82 Å². The Morgan fingerprint density at radius 2 is 2.22 bits per heavy atom. The number of hydrogen-bond donors (Lipinski definition) is 1. The molecule has 1 heterocycles. The van der Waals surface area contributed by atoms with Gasteiger partial charge in [-0.1, -0.05) is 0 Å². The lowest BCUT2D eigenvalue weighted by molar-refractivity contribution is 0.0697. The molecule has 0 aliphatic heterocycles. The van der Waals surface area contributed by atoms with E-state index >= 15 is 0 Å². The molecule has 0 saturated carbocycles. The van der Waals surface area contributed by atoms with E-state index in [2.05, 4.69) is 4.98 Å². The quantitative estimate of drug-likeness (QED) is 0.908. The lowest BCUT2D eigenvalue weighted by Gasteiger charge is -2.05. The van der Waals surface area contributed by atoms with E-state index in [1.165, 1.54) is 0 Å². The first-order valence-corrected chi connectivity index (χ1v) is 7.22. The number of benzene rings is 1. The summed E-state index contributed by atoms with van der Waals surface area (Å²) in [5.41, 5.74) is 1.77. The van der Waals surface area contributed by atoms with Gasteiger partial charge in [0.2, 0.25) is 0 Å². The third kappa shape index (κ3) is 2.43. The maximum absolute atomic E-state index is 11.1. The van der Waals surface area contributed by atoms with Crippen LogP contribution in [-0.4, -0.2) is 36.8 Å². The molecule has 1 aromatic heterocycles. The van der Waals surface area contributed by atoms with Gasteiger partial charge < -0.3 is 9.67 Å². The van der Waals surface area contributed by atoms with Crippen LogP contribution >= 0.6 is 0 Å². The number of carboxylic acid groups (broad SMARTS) is 1. The van der Waals surface area contributed by atoms with Crippen LogP contribution in [0.2, 0.25) is 0 Å². The Bertz CT molecular complexity index is 634. The minimum Gasteiger partial charge on any atom is -0.478 e. The van der Waals surface area contributed by atoms with Crippen molar-refractivity contribution < 1.29 is 14.1 Å². The van der Waals surface area contributed by atoms with Gasteiger partial charge >= 0.3 is 5.97 Å². The van der Waals surface area contributed by atoms with Crippen LogP contribution < -0.4 is 0 Å². The molecule has 0 spiro atoms. The highest BCUT2D eigenvalue weighted by atomic mass is 32.2. The minimum atomic E-state index is -0.959. The molecule has 0 aliphatic carbocycles. The predicted molar refractivity (Wildman–Crippen MR) is 70.4 cm³/mol. The summed E-state index contributed by atoms with van der Waals surface area (Å²) in [5, 5.41) is 8.92. The minimum absolute atomic E-state index is 0.228. The Morgan fingerprint density at radius 3 is 2.83 bits per heavy atom. The molecule has 1 aromatic carbocycles. The first-order chi connectivity index (χ1) is 8.49. The third-order valence-electron chi connectivity index (χ3n) is 2.79. The third-order valence-corrected chi connectivity index (χ3v) is 3.55. The van der Waals surface area contributed by atoms with E-state index in [1.54, 1.807) is 24.5 Å². The number of carboxylic acids is 1. The monoisotopic (exact) mass is 266 g/mol. The molecule has 2 aromatic rings. The SMILES string of the molecule is Cc1nc2cc(C(=O)O)ccc2n1CCS(C)=O. The summed E-state index contributed by atoms with van der Waals surface area (Å²) >= 11 is 0. The number of fused-ring (bicyclic) bond motifs is 1. The lowest BCUT2D eigenvalue weighted by atomic mass is 10.2. The molecule has 1 N–H and O–H groups in total. The number of rotatable bonds is 4. The van der Waals surface area contributed by atoms with Crippen molar-refractivity contribution >= 4 is 27.8 Å². The largest absolute Gasteiger partial charge is 0.478 e. The Hall–Kier alpha value is -1.69. The number of aromatic nitrogens is 2. The van der Waals surface area contributed by atoms with E-state index in [4.69, 9.17) is 5.11 Å². The summed E-state index contributed by atoms with van der Waals surface area (Å²) in [5.74, 6) is 0.407. The maximum atomic E-state index is 11.1. The fourth-order valence-corrected chi connectivity index (χ4v) is 2.33. The van der Waals surface area contributed by atoms with E-state index in [0.717, 1.165) is 11.3 Å². The summed E-state index contributed by atoms with van der Waals surface area (Å²) in [7, 11) is -0.856. The van der Waals surface area contributed by atoms with Crippen molar-refractivity contribution in [3.8, 4) is 0 Å². The number of hydrogen-bond acceptors (Lipinski definition) is 3. The average Bonchev–Trinajstić information content (AvgIpc) is 2.60. The van der Waals surface area contributed by atoms with E-state index in [9.17, 15) is 9.00 Å². The smallest absolute Gasteiger partial charge is 0.335 e. The van der Waals surface area contributed by atoms with Crippen molar-refractivity contribution in [1.82, 2.24) is 9.55 Å². The molecule has 0 radical (unpaired) electrons. The van der Waals surface area contributed by atoms with Crippen molar-refractivity contribution in [2.24, 2.45) is 0 Å². The first kappa shape index (κ1) is 12.8. The molecule has 96 valence electrons. The fraction of sp³-hybridized carbons (Fsp3) is 0.333. The highest BCUT2D eigenvalue weighted by molar-refractivity contribution is 7.84. The number of aryl methyl sites for hydroxylation is 2. The van der Waals surface area contributed by atoms with Crippen molar-refractivity contribution in [2.75, 3.05) is 12.0 Å². The molecule has 1 atom stereocenters. The van der Waals surface area contributed by atoms with Gasteiger partial charge in [-0.25, -0.2) is 9.78 Å². The van der Waals surface area contributed by atoms with Gasteiger partial charge in [-0.05, 0) is 25.1 Å². The molecule has 0 amide bonds. The van der Waals surface area contributed by atoms with Crippen LogP contribution in [0.1, 0.15) is 16.2 Å². The molecule has 0 saturated heterocycles. The molecular weight excluding hydrogens is 252 g/mol. The summed E-state index contributed by atoms with van der Waals surface area (Å²) in [6, 6.07) is 4.87. The van der Waals surface area contributed by atoms with Crippen LogP contribution in [-0.2, 0) is 17.3 Å². The predicted octanol–water partition coefficient (Wildman–Crippen LogP) is 1.42. The number of imidazole rings is 1. The highest BCUT2D eigenvalue weighted by Gasteiger charge is 2.10. The van der Waals surface area contributed by atoms with Gasteiger partial charge in [-0.15, -0.1) is 0 Å². The zero-order chi connectivity index (χ0) is 13.3. The Labute approximate surface area is 107 Å². The number of aromatic carboxylic acids is 1. The second-order valence-corrected chi connectivity index (χ2v) is 5.65. The topological polar surface area (TPSA) is 72.2 Å². The van der Waals surface area contributed by atoms with Crippen LogP contribution in [0.15, 0.2) is 18.2 Å². The molecule has 0 fully saturated rings. The van der Waals surface area contributed by atoms with Crippen LogP contribution in [0.3, 0.4) is 0 Å². The van der Waals surface area contributed by atoms with Crippen LogP contribution in [0.5, 0.6) is 0 Å². The van der Waals surface area contributed by atoms with Crippen molar-refractivity contribution in [3.05, 3.63) is 29.6 Å². The molecule has 0 bridgehead atoms. The molecule has 6 heteroatoms. The second-order valence-electron chi connectivity index (χ2n) is 4.10. The van der Waals surface area contributed by atoms with E-state index in [-0.39, 0.29) is 5.56 Å². The number of carbonyl (C=O) groups is 1. The Kier molecular flexibility index (Phi) is 3.47. The summed E-state index contributed by atoms with van der Waals surface area (Å²) in [4.78, 5) is 15.2. The second kappa shape index (κ2) is 4.89. The lowest BCUT2D eigenvalue weighted by Crippen LogP contribution is -2.07. The summed E-state index contributed by atoms with van der Waals surface area (Å²) < 4.78 is 13.1. The van der Waals surface area contributed by atoms with Crippen molar-refractivity contribution in [2.45, 2.75) is 13.5 Å². The van der Waals surface area contributed by atoms with Crippen LogP contribution in [0.4, 0.5) is 0 Å². The summed E-state index contributed by atoms with van der Waals surface area (Å²) in [6.07, 6.45) is 1.66. The van der Waals surface area contributed by atoms with E-state index < -0.39 is 16.8 Å². The number of nitrogens with zero attached hydrogens (tertiary/aromatic N) is 2. The van der Waals surface area contributed by atoms with Gasteiger partial charge in [-0.2, -0.15) is 0 Å². The van der Waals surface area contributed by atoms with Gasteiger partial charge in [0.05, 0.1) is 16.6 Å². The summed E-state index contributed by atoms with van der Waals surface area (Å²) in [6.45, 7) is 2.48. The Morgan fingerprint density at radius 1 is 1.50 bits per heavy atom. The first-order valence-electron chi connectivity index (χ1n) is 5.49. The van der Waals surface area contributed by atoms with Gasteiger partial charge in [0.25, 0.3) is 0 Å². The highest BCUT2D eigenvalue weighted by Crippen LogP contribution is 2.17. The van der Waals surface area contributed by atoms with Crippen molar-refractivity contribution in [3.63, 3.8) is 0 Å². The standard InChI is InChI=1S/C12H14N2O3S/c1-8-13-10-7-9(12(15)16)3-4-11(10)14(8)5-6-18(2)17/h3-4,7H,5-6H2,1-2H3,(H,15,16). The zero-order valence-electron chi connectivity index (χ0n) is 10.2. The van der Waals surface area contributed by atoms with Gasteiger partial charge in [0, 0.05) is 29.4 Å². The molecular formula is C12H14N2O3S. The fourth-order valence-electron chi connectivity index (χ4n) is 1.89. The molecule has 5 nitrogen and oxygen atoms in total. The molecule has 1 unspecified atom stereocenters. The van der Waals surface area contributed by atoms with Gasteiger partial charge in [-0.3, -0.25) is 4.21 Å². The molecule has 0 aliphatic rings. The van der Waals surface area contributed by atoms with Crippen LogP contribution in [0.25, 0.3) is 11.0 Å². The van der Waals surface area contributed by atoms with Gasteiger partial charge in [0.15, 0.2) is 0 Å². The molecule has 2 rings (SSSR count). The normalized spacial score (nSPS) is 12.8. The Balaban J connectivity index is 2.45. The van der Waals surface area contributed by atoms with Crippen molar-refractivity contribution in [1.29, 1.82) is 0 Å². The van der Waals surface area contributed by atoms with E-state index in [0.29, 0.717) is 17.8 Å². The molecule has 18 heavy (non-hydrogen) atoms. The average molecular weight is 266 g/mol. The van der Waals surface area contributed by atoms with E-state index in [1.807, 2.05) is 11.5 Å².